The van der Waals surface area contributed by atoms with Crippen LogP contribution in [0.5, 0.6) is 0 Å². The Morgan fingerprint density at radius 3 is 2.19 bits per heavy atom. The van der Waals surface area contributed by atoms with Crippen LogP contribution < -0.4 is 0 Å². The number of nitrogens with zero attached hydrogens (tertiary/aromatic N) is 2. The largest absolute Gasteiger partial charge is 0.480 e. The second-order valence-corrected chi connectivity index (χ2v) is 8.31. The Kier molecular flexibility index (Phi) is 6.68. The van der Waals surface area contributed by atoms with Crippen LogP contribution in [0.3, 0.4) is 0 Å². The number of carbonyl (C=O) groups excluding carboxylic acids is 2. The number of amides is 2. The molecule has 1 N–H and O–H groups in total. The highest BCUT2D eigenvalue weighted by Crippen LogP contribution is 2.21. The fourth-order valence-electron chi connectivity index (χ4n) is 2.72. The molecule has 0 saturated carbocycles. The van der Waals surface area contributed by atoms with Crippen LogP contribution in [0.1, 0.15) is 34.6 Å². The lowest BCUT2D eigenvalue weighted by molar-refractivity contribution is -0.137. The SMILES string of the molecule is CC(C)N(CC(=O)O)S(=O)(=O)CCOCCN1C(=O)c2ccccc2C1=O. The van der Waals surface area contributed by atoms with Gasteiger partial charge >= 0.3 is 5.97 Å². The van der Waals surface area contributed by atoms with Crippen molar-refractivity contribution < 1.29 is 32.6 Å². The van der Waals surface area contributed by atoms with E-state index in [0.29, 0.717) is 11.1 Å². The van der Waals surface area contributed by atoms with E-state index in [-0.39, 0.29) is 25.5 Å². The predicted octanol–water partition coefficient (Wildman–Crippen LogP) is 0.424. The van der Waals surface area contributed by atoms with Gasteiger partial charge in [0, 0.05) is 6.04 Å². The maximum absolute atomic E-state index is 12.2. The summed E-state index contributed by atoms with van der Waals surface area (Å²) in [6.07, 6.45) is 0. The van der Waals surface area contributed by atoms with Crippen LogP contribution in [0.4, 0.5) is 0 Å². The highest BCUT2D eigenvalue weighted by Gasteiger charge is 2.34. The Bertz CT molecular complexity index is 800. The lowest BCUT2D eigenvalue weighted by Gasteiger charge is -2.24. The molecule has 148 valence electrons. The van der Waals surface area contributed by atoms with Crippen LogP contribution in [-0.4, -0.2) is 78.6 Å². The minimum atomic E-state index is -3.80. The van der Waals surface area contributed by atoms with Crippen molar-refractivity contribution in [2.24, 2.45) is 0 Å². The highest BCUT2D eigenvalue weighted by atomic mass is 32.2. The average molecular weight is 398 g/mol. The van der Waals surface area contributed by atoms with Crippen molar-refractivity contribution in [1.29, 1.82) is 0 Å². The Balaban J connectivity index is 1.83. The summed E-state index contributed by atoms with van der Waals surface area (Å²) in [4.78, 5) is 36.3. The molecule has 0 aliphatic carbocycles. The molecule has 1 aliphatic rings. The third kappa shape index (κ3) is 4.90. The van der Waals surface area contributed by atoms with E-state index in [1.807, 2.05) is 0 Å². The minimum Gasteiger partial charge on any atom is -0.480 e. The molecule has 1 aromatic carbocycles. The van der Waals surface area contributed by atoms with Gasteiger partial charge in [-0.15, -0.1) is 0 Å². The van der Waals surface area contributed by atoms with E-state index in [1.165, 1.54) is 0 Å². The summed E-state index contributed by atoms with van der Waals surface area (Å²) in [5.41, 5.74) is 0.678. The molecule has 0 atom stereocenters. The zero-order valence-electron chi connectivity index (χ0n) is 15.1. The Hall–Kier alpha value is -2.30. The van der Waals surface area contributed by atoms with Gasteiger partial charge in [-0.3, -0.25) is 19.3 Å². The summed E-state index contributed by atoms with van der Waals surface area (Å²) < 4.78 is 30.6. The summed E-state index contributed by atoms with van der Waals surface area (Å²) in [5, 5.41) is 8.84. The lowest BCUT2D eigenvalue weighted by Crippen LogP contribution is -2.42. The predicted molar refractivity (Wildman–Crippen MR) is 95.9 cm³/mol. The van der Waals surface area contributed by atoms with Gasteiger partial charge in [0.05, 0.1) is 36.6 Å². The zero-order valence-corrected chi connectivity index (χ0v) is 15.9. The number of imide groups is 1. The van der Waals surface area contributed by atoms with Crippen LogP contribution in [0, 0.1) is 0 Å². The van der Waals surface area contributed by atoms with Crippen LogP contribution in [0.2, 0.25) is 0 Å². The first-order valence-corrected chi connectivity index (χ1v) is 10.0. The minimum absolute atomic E-state index is 0.00934. The van der Waals surface area contributed by atoms with Crippen molar-refractivity contribution in [2.75, 3.05) is 32.1 Å². The highest BCUT2D eigenvalue weighted by molar-refractivity contribution is 7.89. The summed E-state index contributed by atoms with van der Waals surface area (Å²) in [7, 11) is -3.80. The Morgan fingerprint density at radius 2 is 1.70 bits per heavy atom. The van der Waals surface area contributed by atoms with Crippen molar-refractivity contribution in [1.82, 2.24) is 9.21 Å². The van der Waals surface area contributed by atoms with Crippen molar-refractivity contribution in [2.45, 2.75) is 19.9 Å². The van der Waals surface area contributed by atoms with Gasteiger partial charge in [0.1, 0.15) is 6.54 Å². The molecule has 9 nitrogen and oxygen atoms in total. The second kappa shape index (κ2) is 8.59. The number of carboxylic acid groups (broad SMARTS) is 1. The van der Waals surface area contributed by atoms with Gasteiger partial charge < -0.3 is 9.84 Å². The maximum Gasteiger partial charge on any atom is 0.318 e. The lowest BCUT2D eigenvalue weighted by atomic mass is 10.1. The van der Waals surface area contributed by atoms with Crippen molar-refractivity contribution in [3.05, 3.63) is 35.4 Å². The van der Waals surface area contributed by atoms with E-state index in [9.17, 15) is 22.8 Å². The van der Waals surface area contributed by atoms with Gasteiger partial charge in [-0.25, -0.2) is 8.42 Å². The number of fused-ring (bicyclic) bond motifs is 1. The first-order chi connectivity index (χ1) is 12.6. The first-order valence-electron chi connectivity index (χ1n) is 8.39. The molecule has 1 aliphatic heterocycles. The van der Waals surface area contributed by atoms with E-state index in [0.717, 1.165) is 9.21 Å². The zero-order chi connectivity index (χ0) is 20.2. The van der Waals surface area contributed by atoms with Crippen LogP contribution in [0.25, 0.3) is 0 Å². The van der Waals surface area contributed by atoms with Crippen LogP contribution in [0.15, 0.2) is 24.3 Å². The third-order valence-electron chi connectivity index (χ3n) is 4.05. The molecular weight excluding hydrogens is 376 g/mol. The summed E-state index contributed by atoms with van der Waals surface area (Å²) in [6, 6.07) is 6.00. The second-order valence-electron chi connectivity index (χ2n) is 6.27. The molecule has 0 aromatic heterocycles. The quantitative estimate of drug-likeness (QED) is 0.448. The topological polar surface area (TPSA) is 121 Å². The van der Waals surface area contributed by atoms with Crippen molar-refractivity contribution in [3.63, 3.8) is 0 Å². The average Bonchev–Trinajstić information content (AvgIpc) is 2.84. The maximum atomic E-state index is 12.2. The number of hydrogen-bond acceptors (Lipinski definition) is 6. The number of hydrogen-bond donors (Lipinski definition) is 1. The van der Waals surface area contributed by atoms with Gasteiger partial charge in [0.2, 0.25) is 10.0 Å². The van der Waals surface area contributed by atoms with E-state index in [1.54, 1.807) is 38.1 Å². The fourth-order valence-corrected chi connectivity index (χ4v) is 4.23. The van der Waals surface area contributed by atoms with Crippen LogP contribution in [-0.2, 0) is 19.6 Å². The Morgan fingerprint density at radius 1 is 1.15 bits per heavy atom. The molecule has 2 amide bonds. The number of rotatable bonds is 10. The standard InChI is InChI=1S/C17H22N2O7S/c1-12(2)19(11-15(20)21)27(24,25)10-9-26-8-7-18-16(22)13-5-3-4-6-14(13)17(18)23/h3-6,12H,7-11H2,1-2H3,(H,20,21). The van der Waals surface area contributed by atoms with E-state index < -0.39 is 40.4 Å². The monoisotopic (exact) mass is 398 g/mol. The van der Waals surface area contributed by atoms with Gasteiger partial charge in [0.15, 0.2) is 0 Å². The van der Waals surface area contributed by atoms with Crippen molar-refractivity contribution in [3.8, 4) is 0 Å². The molecule has 0 fully saturated rings. The fraction of sp³-hybridized carbons (Fsp3) is 0.471. The molecule has 0 saturated heterocycles. The number of ether oxygens (including phenoxy) is 1. The van der Waals surface area contributed by atoms with E-state index in [2.05, 4.69) is 0 Å². The number of carboxylic acids is 1. The molecule has 1 heterocycles. The summed E-state index contributed by atoms with van der Waals surface area (Å²) >= 11 is 0. The number of aliphatic carboxylic acids is 1. The normalized spacial score (nSPS) is 14.3. The molecular formula is C17H22N2O7S. The summed E-state index contributed by atoms with van der Waals surface area (Å²) in [6.45, 7) is 2.38. The molecule has 10 heteroatoms. The summed E-state index contributed by atoms with van der Waals surface area (Å²) in [5.74, 6) is -2.43. The third-order valence-corrected chi connectivity index (χ3v) is 6.00. The molecule has 0 bridgehead atoms. The smallest absolute Gasteiger partial charge is 0.318 e. The molecule has 0 radical (unpaired) electrons. The number of benzene rings is 1. The van der Waals surface area contributed by atoms with E-state index >= 15 is 0 Å². The molecule has 0 unspecified atom stereocenters. The van der Waals surface area contributed by atoms with Crippen LogP contribution >= 0.6 is 0 Å². The van der Waals surface area contributed by atoms with Gasteiger partial charge in [-0.05, 0) is 26.0 Å². The number of sulfonamides is 1. The molecule has 27 heavy (non-hydrogen) atoms. The van der Waals surface area contributed by atoms with Gasteiger partial charge in [-0.2, -0.15) is 4.31 Å². The van der Waals surface area contributed by atoms with Crippen molar-refractivity contribution >= 4 is 27.8 Å². The first kappa shape index (κ1) is 21.0. The van der Waals surface area contributed by atoms with Gasteiger partial charge in [0.25, 0.3) is 11.8 Å². The molecule has 2 rings (SSSR count). The van der Waals surface area contributed by atoms with Gasteiger partial charge in [-0.1, -0.05) is 12.1 Å². The molecule has 1 aromatic rings. The van der Waals surface area contributed by atoms with E-state index in [4.69, 9.17) is 9.84 Å². The molecule has 0 spiro atoms. The Labute approximate surface area is 157 Å². The number of carbonyl (C=O) groups is 3.